The van der Waals surface area contributed by atoms with Crippen molar-refractivity contribution in [2.45, 2.75) is 19.3 Å². The highest BCUT2D eigenvalue weighted by atomic mass is 32.2. The van der Waals surface area contributed by atoms with Gasteiger partial charge in [0.2, 0.25) is 0 Å². The largest absolute Gasteiger partial charge is 0.317 e. The molecule has 1 rings (SSSR count). The number of piperidine rings is 1. The molecule has 0 aromatic heterocycles. The van der Waals surface area contributed by atoms with Gasteiger partial charge >= 0.3 is 0 Å². The Morgan fingerprint density at radius 1 is 1.50 bits per heavy atom. The van der Waals surface area contributed by atoms with E-state index in [2.05, 4.69) is 10.0 Å². The van der Waals surface area contributed by atoms with Gasteiger partial charge in [-0.2, -0.15) is 0 Å². The normalized spacial score (nSPS) is 22.4. The number of hydrogen-bond donors (Lipinski definition) is 3. The first-order valence-electron chi connectivity index (χ1n) is 4.39. The number of nitrogens with one attached hydrogen (secondary N) is 2. The zero-order valence-electron chi connectivity index (χ0n) is 7.21. The Labute approximate surface area is 76.0 Å². The standard InChI is InChI=1S/C7H17N3OS/c8-12(11)10-6-3-7-1-4-9-5-2-7/h7,9-10H,1-6,8H2. The lowest BCUT2D eigenvalue weighted by Crippen LogP contribution is -2.31. The van der Waals surface area contributed by atoms with Crippen LogP contribution in [0.4, 0.5) is 0 Å². The van der Waals surface area contributed by atoms with E-state index in [0.29, 0.717) is 0 Å². The van der Waals surface area contributed by atoms with Gasteiger partial charge in [-0.3, -0.25) is 0 Å². The summed E-state index contributed by atoms with van der Waals surface area (Å²) in [5, 5.41) is 8.37. The van der Waals surface area contributed by atoms with Gasteiger partial charge < -0.3 is 5.32 Å². The summed E-state index contributed by atoms with van der Waals surface area (Å²) in [7, 11) is 0. The minimum atomic E-state index is -1.34. The molecule has 1 unspecified atom stereocenters. The Morgan fingerprint density at radius 2 is 2.17 bits per heavy atom. The molecule has 72 valence electrons. The molecule has 12 heavy (non-hydrogen) atoms. The Morgan fingerprint density at radius 3 is 2.75 bits per heavy atom. The first-order valence-corrected chi connectivity index (χ1v) is 5.60. The third-order valence-corrected chi connectivity index (χ3v) is 2.74. The predicted octanol–water partition coefficient (Wildman–Crippen LogP) is -0.497. The Balaban J connectivity index is 2.01. The maximum atomic E-state index is 10.5. The van der Waals surface area contributed by atoms with Crippen molar-refractivity contribution in [1.29, 1.82) is 0 Å². The molecule has 1 atom stereocenters. The van der Waals surface area contributed by atoms with Crippen LogP contribution in [0.3, 0.4) is 0 Å². The van der Waals surface area contributed by atoms with Crippen LogP contribution in [0, 0.1) is 5.92 Å². The highest BCUT2D eigenvalue weighted by molar-refractivity contribution is 7.80. The van der Waals surface area contributed by atoms with Crippen molar-refractivity contribution in [3.63, 3.8) is 0 Å². The third-order valence-electron chi connectivity index (χ3n) is 2.26. The summed E-state index contributed by atoms with van der Waals surface area (Å²) in [6.07, 6.45) is 3.56. The average molecular weight is 191 g/mol. The second-order valence-electron chi connectivity index (χ2n) is 3.17. The van der Waals surface area contributed by atoms with Crippen LogP contribution in [0.25, 0.3) is 0 Å². The van der Waals surface area contributed by atoms with Gasteiger partial charge in [-0.1, -0.05) is 0 Å². The molecule has 0 amide bonds. The quantitative estimate of drug-likeness (QED) is 0.561. The van der Waals surface area contributed by atoms with Crippen LogP contribution in [-0.2, 0) is 11.2 Å². The molecule has 0 bridgehead atoms. The smallest absolute Gasteiger partial charge is 0.164 e. The van der Waals surface area contributed by atoms with Gasteiger partial charge in [0.25, 0.3) is 0 Å². The van der Waals surface area contributed by atoms with E-state index in [-0.39, 0.29) is 0 Å². The monoisotopic (exact) mass is 191 g/mol. The van der Waals surface area contributed by atoms with Crippen molar-refractivity contribution in [3.05, 3.63) is 0 Å². The van der Waals surface area contributed by atoms with E-state index in [4.69, 9.17) is 5.14 Å². The molecule has 0 radical (unpaired) electrons. The Kier molecular flexibility index (Phi) is 4.75. The van der Waals surface area contributed by atoms with Gasteiger partial charge in [0.1, 0.15) is 0 Å². The van der Waals surface area contributed by atoms with Crippen LogP contribution in [-0.4, -0.2) is 23.8 Å². The molecule has 1 aliphatic rings. The summed E-state index contributed by atoms with van der Waals surface area (Å²) in [5.74, 6) is 0.780. The molecular weight excluding hydrogens is 174 g/mol. The van der Waals surface area contributed by atoms with Gasteiger partial charge in [0.05, 0.1) is 0 Å². The molecule has 1 fully saturated rings. The van der Waals surface area contributed by atoms with Crippen molar-refractivity contribution < 1.29 is 4.21 Å². The van der Waals surface area contributed by atoms with Crippen molar-refractivity contribution >= 4 is 11.2 Å². The fraction of sp³-hybridized carbons (Fsp3) is 1.00. The topological polar surface area (TPSA) is 67.2 Å². The molecule has 1 aliphatic heterocycles. The number of rotatable bonds is 4. The molecule has 0 saturated carbocycles. The zero-order chi connectivity index (χ0) is 8.81. The summed E-state index contributed by atoms with van der Waals surface area (Å²) >= 11 is -1.34. The lowest BCUT2D eigenvalue weighted by Gasteiger charge is -2.22. The lowest BCUT2D eigenvalue weighted by atomic mass is 9.95. The summed E-state index contributed by atoms with van der Waals surface area (Å²) in [5.41, 5.74) is 0. The third kappa shape index (κ3) is 4.15. The fourth-order valence-electron chi connectivity index (χ4n) is 1.53. The maximum Gasteiger partial charge on any atom is 0.164 e. The van der Waals surface area contributed by atoms with E-state index in [1.165, 1.54) is 12.8 Å². The minimum Gasteiger partial charge on any atom is -0.317 e. The zero-order valence-corrected chi connectivity index (χ0v) is 8.03. The first kappa shape index (κ1) is 10.1. The SMILES string of the molecule is NS(=O)NCCC1CCNCC1. The molecular formula is C7H17N3OS. The molecule has 0 spiro atoms. The van der Waals surface area contributed by atoms with Crippen LogP contribution >= 0.6 is 0 Å². The van der Waals surface area contributed by atoms with E-state index in [1.807, 2.05) is 0 Å². The van der Waals surface area contributed by atoms with E-state index in [9.17, 15) is 4.21 Å². The van der Waals surface area contributed by atoms with E-state index < -0.39 is 11.2 Å². The summed E-state index contributed by atoms with van der Waals surface area (Å²) < 4.78 is 13.2. The van der Waals surface area contributed by atoms with Crippen molar-refractivity contribution in [3.8, 4) is 0 Å². The van der Waals surface area contributed by atoms with E-state index in [1.54, 1.807) is 0 Å². The van der Waals surface area contributed by atoms with Gasteiger partial charge in [0.15, 0.2) is 11.2 Å². The molecule has 4 nitrogen and oxygen atoms in total. The van der Waals surface area contributed by atoms with Crippen LogP contribution in [0.5, 0.6) is 0 Å². The molecule has 5 heteroatoms. The van der Waals surface area contributed by atoms with E-state index >= 15 is 0 Å². The fourth-order valence-corrected chi connectivity index (χ4v) is 1.85. The number of hydrogen-bond acceptors (Lipinski definition) is 2. The highest BCUT2D eigenvalue weighted by Gasteiger charge is 2.11. The summed E-state index contributed by atoms with van der Waals surface area (Å²) in [6, 6.07) is 0. The average Bonchev–Trinajstić information content (AvgIpc) is 2.05. The van der Waals surface area contributed by atoms with Gasteiger partial charge in [0, 0.05) is 6.54 Å². The first-order chi connectivity index (χ1) is 5.79. The van der Waals surface area contributed by atoms with Crippen molar-refractivity contribution in [2.75, 3.05) is 19.6 Å². The molecule has 0 aliphatic carbocycles. The van der Waals surface area contributed by atoms with Crippen LogP contribution in [0.15, 0.2) is 0 Å². The second kappa shape index (κ2) is 5.64. The Bertz CT molecular complexity index is 148. The van der Waals surface area contributed by atoms with Crippen molar-refractivity contribution in [2.24, 2.45) is 11.1 Å². The Hall–Kier alpha value is 0.0300. The van der Waals surface area contributed by atoms with Gasteiger partial charge in [-0.25, -0.2) is 14.1 Å². The van der Waals surface area contributed by atoms with Gasteiger partial charge in [-0.15, -0.1) is 0 Å². The summed E-state index contributed by atoms with van der Waals surface area (Å²) in [4.78, 5) is 0. The van der Waals surface area contributed by atoms with Crippen molar-refractivity contribution in [1.82, 2.24) is 10.0 Å². The molecule has 0 aromatic carbocycles. The molecule has 4 N–H and O–H groups in total. The molecule has 1 saturated heterocycles. The van der Waals surface area contributed by atoms with Crippen LogP contribution in [0.2, 0.25) is 0 Å². The van der Waals surface area contributed by atoms with Crippen LogP contribution < -0.4 is 15.2 Å². The predicted molar refractivity (Wildman–Crippen MR) is 50.5 cm³/mol. The lowest BCUT2D eigenvalue weighted by molar-refractivity contribution is 0.355. The van der Waals surface area contributed by atoms with Crippen LogP contribution in [0.1, 0.15) is 19.3 Å². The maximum absolute atomic E-state index is 10.5. The number of nitrogens with two attached hydrogens (primary N) is 1. The minimum absolute atomic E-state index is 0.772. The summed E-state index contributed by atoms with van der Waals surface area (Å²) in [6.45, 7) is 3.01. The molecule has 0 aromatic rings. The highest BCUT2D eigenvalue weighted by Crippen LogP contribution is 2.14. The second-order valence-corrected chi connectivity index (χ2v) is 4.06. The molecule has 1 heterocycles. The van der Waals surface area contributed by atoms with E-state index in [0.717, 1.165) is 32.0 Å². The van der Waals surface area contributed by atoms with Gasteiger partial charge in [-0.05, 0) is 38.3 Å².